The molecule has 0 saturated carbocycles. The molecule has 2 N–H and O–H groups in total. The van der Waals surface area contributed by atoms with Crippen molar-refractivity contribution in [3.8, 4) is 0 Å². The number of nitrogens with zero attached hydrogens (tertiary/aromatic N) is 1. The molecule has 0 saturated heterocycles. The molecule has 220 valence electrons. The van der Waals surface area contributed by atoms with Crippen LogP contribution in [0.5, 0.6) is 0 Å². The lowest BCUT2D eigenvalue weighted by Gasteiger charge is -2.18. The second-order valence-corrected chi connectivity index (χ2v) is 11.1. The lowest BCUT2D eigenvalue weighted by atomic mass is 10.1. The van der Waals surface area contributed by atoms with Gasteiger partial charge in [-0.15, -0.1) is 0 Å². The van der Waals surface area contributed by atoms with Crippen molar-refractivity contribution < 1.29 is 4.92 Å². The van der Waals surface area contributed by atoms with Crippen LogP contribution >= 0.6 is 23.5 Å². The zero-order chi connectivity index (χ0) is 31.2. The number of thioether (sulfide) groups is 2. The summed E-state index contributed by atoms with van der Waals surface area (Å²) in [7, 11) is 0. The molecule has 4 nitrogen and oxygen atoms in total. The zero-order valence-electron chi connectivity index (χ0n) is 25.6. The number of benzene rings is 1. The van der Waals surface area contributed by atoms with Gasteiger partial charge in [0.15, 0.2) is 0 Å². The van der Waals surface area contributed by atoms with Gasteiger partial charge in [-0.2, -0.15) is 0 Å². The van der Waals surface area contributed by atoms with Gasteiger partial charge >= 0.3 is 0 Å². The van der Waals surface area contributed by atoms with Crippen molar-refractivity contribution in [2.75, 3.05) is 0 Å². The van der Waals surface area contributed by atoms with Crippen LogP contribution in [0.1, 0.15) is 66.9 Å². The molecule has 1 aromatic rings. The highest BCUT2D eigenvalue weighted by molar-refractivity contribution is 8.11. The number of nitrogens with two attached hydrogens (primary N) is 1. The molecule has 0 amide bonds. The average molecular weight is 591 g/mol. The highest BCUT2D eigenvalue weighted by atomic mass is 32.2. The third-order valence-corrected chi connectivity index (χ3v) is 7.39. The normalized spacial score (nSPS) is 18.5. The fraction of sp³-hybridized carbons (Fsp3) is 0.257. The second-order valence-electron chi connectivity index (χ2n) is 8.57. The largest absolute Gasteiger partial charge is 0.399 e. The molecule has 1 aromatic carbocycles. The van der Waals surface area contributed by atoms with Crippen LogP contribution in [0.4, 0.5) is 5.69 Å². The lowest BCUT2D eigenvalue weighted by Crippen LogP contribution is -1.94. The maximum Gasteiger partial charge on any atom is 0.269 e. The molecule has 0 spiro atoms. The summed E-state index contributed by atoms with van der Waals surface area (Å²) in [6, 6.07) is 6.75. The Labute approximate surface area is 256 Å². The van der Waals surface area contributed by atoms with E-state index < -0.39 is 0 Å². The second kappa shape index (κ2) is 22.2. The van der Waals surface area contributed by atoms with Crippen LogP contribution in [0.15, 0.2) is 136 Å². The highest BCUT2D eigenvalue weighted by Crippen LogP contribution is 2.41. The van der Waals surface area contributed by atoms with Gasteiger partial charge in [-0.05, 0) is 91.2 Å². The first kappa shape index (κ1) is 37.5. The first-order valence-corrected chi connectivity index (χ1v) is 15.3. The molecule has 1 heterocycles. The average Bonchev–Trinajstić information content (AvgIpc) is 2.96. The van der Waals surface area contributed by atoms with Crippen molar-refractivity contribution in [2.45, 2.75) is 61.3 Å². The summed E-state index contributed by atoms with van der Waals surface area (Å²) < 4.78 is 0. The van der Waals surface area contributed by atoms with Gasteiger partial charge in [0.05, 0.1) is 4.92 Å². The minimum atomic E-state index is -0.367. The topological polar surface area (TPSA) is 69.2 Å². The van der Waals surface area contributed by atoms with Crippen LogP contribution in [-0.2, 0) is 0 Å². The predicted octanol–water partition coefficient (Wildman–Crippen LogP) is 11.6. The molecular weight excluding hydrogens is 545 g/mol. The van der Waals surface area contributed by atoms with E-state index in [2.05, 4.69) is 50.5 Å². The van der Waals surface area contributed by atoms with E-state index in [0.29, 0.717) is 0 Å². The standard InChI is InChI=1S/C20H19NO2S2.C7H11N.C6H10.C2H6/c1-3-20(16-5-7-17(8-6-16)21(22)23)25-18-9-4-15-12-14(2)24-19(13-15)11-10-18;1-3-5-6-7(8)4-2;1-4-5-6(2)3;1-2/h3-8,10-12H,9,13H2,1-2H3;3-6H,1,8H2,2H3;4-5H,2H2,1,3H3;1-2H3/b15-4-,18-10+,19-11+,20-3-;6-5-,7-4+;5-4-;. The van der Waals surface area contributed by atoms with Crippen molar-refractivity contribution in [1.82, 2.24) is 0 Å². The summed E-state index contributed by atoms with van der Waals surface area (Å²) in [6.45, 7) is 21.2. The molecule has 41 heavy (non-hydrogen) atoms. The van der Waals surface area contributed by atoms with E-state index >= 15 is 0 Å². The fourth-order valence-electron chi connectivity index (χ4n) is 3.30. The summed E-state index contributed by atoms with van der Waals surface area (Å²) in [6.07, 6.45) is 24.1. The quantitative estimate of drug-likeness (QED) is 0.194. The van der Waals surface area contributed by atoms with Gasteiger partial charge in [-0.1, -0.05) is 111 Å². The number of allylic oxidation sites excluding steroid dienone is 16. The van der Waals surface area contributed by atoms with Crippen molar-refractivity contribution in [3.05, 3.63) is 151 Å². The van der Waals surface area contributed by atoms with Crippen LogP contribution in [0.2, 0.25) is 0 Å². The maximum absolute atomic E-state index is 10.8. The van der Waals surface area contributed by atoms with Crippen LogP contribution < -0.4 is 5.73 Å². The van der Waals surface area contributed by atoms with E-state index in [4.69, 9.17) is 5.73 Å². The van der Waals surface area contributed by atoms with Gasteiger partial charge in [0.25, 0.3) is 5.69 Å². The third kappa shape index (κ3) is 16.4. The van der Waals surface area contributed by atoms with Crippen LogP contribution in [0, 0.1) is 10.1 Å². The van der Waals surface area contributed by atoms with E-state index in [1.165, 1.54) is 20.3 Å². The van der Waals surface area contributed by atoms with Gasteiger partial charge in [0.2, 0.25) is 0 Å². The fourth-order valence-corrected chi connectivity index (χ4v) is 5.26. The number of non-ortho nitro benzene ring substituents is 1. The van der Waals surface area contributed by atoms with Crippen LogP contribution in [-0.4, -0.2) is 4.92 Å². The zero-order valence-corrected chi connectivity index (χ0v) is 27.3. The van der Waals surface area contributed by atoms with Crippen molar-refractivity contribution >= 4 is 34.1 Å². The number of hydrogen-bond acceptors (Lipinski definition) is 5. The number of rotatable bonds is 7. The molecule has 1 aliphatic carbocycles. The minimum absolute atomic E-state index is 0.121. The molecule has 0 unspecified atom stereocenters. The third-order valence-electron chi connectivity index (χ3n) is 5.15. The molecule has 0 aromatic heterocycles. The first-order valence-electron chi connectivity index (χ1n) is 13.7. The maximum atomic E-state index is 10.8. The highest BCUT2D eigenvalue weighted by Gasteiger charge is 2.13. The Morgan fingerprint density at radius 2 is 1.76 bits per heavy atom. The van der Waals surface area contributed by atoms with Crippen LogP contribution in [0.25, 0.3) is 4.91 Å². The summed E-state index contributed by atoms with van der Waals surface area (Å²) in [5.41, 5.74) is 9.77. The van der Waals surface area contributed by atoms with E-state index in [1.54, 1.807) is 42.1 Å². The van der Waals surface area contributed by atoms with Crippen LogP contribution in [0.3, 0.4) is 0 Å². The van der Waals surface area contributed by atoms with Crippen molar-refractivity contribution in [3.63, 3.8) is 0 Å². The first-order chi connectivity index (χ1) is 19.6. The molecular formula is C35H46N2O2S2. The number of hydrogen-bond donors (Lipinski definition) is 1. The molecule has 3 rings (SSSR count). The molecule has 2 bridgehead atoms. The van der Waals surface area contributed by atoms with Gasteiger partial charge in [-0.3, -0.25) is 10.1 Å². The molecule has 2 aliphatic rings. The van der Waals surface area contributed by atoms with E-state index in [1.807, 2.05) is 83.7 Å². The van der Waals surface area contributed by atoms with Gasteiger partial charge in [-0.25, -0.2) is 0 Å². The Kier molecular flexibility index (Phi) is 20.3. The molecule has 0 radical (unpaired) electrons. The van der Waals surface area contributed by atoms with Gasteiger partial charge < -0.3 is 5.73 Å². The van der Waals surface area contributed by atoms with Crippen molar-refractivity contribution in [1.29, 1.82) is 0 Å². The smallest absolute Gasteiger partial charge is 0.269 e. The Balaban J connectivity index is 0.000000827. The molecule has 6 heteroatoms. The van der Waals surface area contributed by atoms with Gasteiger partial charge in [0.1, 0.15) is 0 Å². The summed E-state index contributed by atoms with van der Waals surface area (Å²) in [4.78, 5) is 15.6. The van der Waals surface area contributed by atoms with E-state index in [-0.39, 0.29) is 10.6 Å². The number of fused-ring (bicyclic) bond motifs is 2. The van der Waals surface area contributed by atoms with Gasteiger partial charge in [0, 0.05) is 29.2 Å². The monoisotopic (exact) mass is 590 g/mol. The minimum Gasteiger partial charge on any atom is -0.399 e. The lowest BCUT2D eigenvalue weighted by molar-refractivity contribution is -0.384. The Bertz CT molecular complexity index is 1260. The molecule has 1 aliphatic heterocycles. The summed E-state index contributed by atoms with van der Waals surface area (Å²) in [5.74, 6) is 0. The van der Waals surface area contributed by atoms with E-state index in [9.17, 15) is 10.1 Å². The predicted molar refractivity (Wildman–Crippen MR) is 187 cm³/mol. The van der Waals surface area contributed by atoms with Crippen molar-refractivity contribution in [2.24, 2.45) is 5.73 Å². The Morgan fingerprint density at radius 1 is 1.10 bits per heavy atom. The Hall–Kier alpha value is -3.48. The molecule has 0 atom stereocenters. The summed E-state index contributed by atoms with van der Waals surface area (Å²) in [5, 5.41) is 10.8. The number of nitro benzene ring substituents is 1. The Morgan fingerprint density at radius 3 is 2.24 bits per heavy atom. The summed E-state index contributed by atoms with van der Waals surface area (Å²) >= 11 is 3.57. The number of nitro groups is 1. The van der Waals surface area contributed by atoms with E-state index in [0.717, 1.165) is 34.6 Å². The molecule has 0 fully saturated rings. The SMILES string of the molecule is C/C=C(\S/C1=C/C=C2\C/C(=C\C1)C=C(C)S2)c1ccc([N+](=O)[O-])cc1.C=C(C)/C=C\C.C=C/C=C\C(N)=C/C.CC.